The van der Waals surface area contributed by atoms with E-state index in [1.54, 1.807) is 0 Å². The minimum Gasteiger partial charge on any atom is -0.550 e. The summed E-state index contributed by atoms with van der Waals surface area (Å²) in [5.74, 6) is -0.954. The lowest BCUT2D eigenvalue weighted by Crippen LogP contribution is -2.35. The molecule has 17 heavy (non-hydrogen) atoms. The van der Waals surface area contributed by atoms with Crippen LogP contribution in [0.4, 0.5) is 0 Å². The molecule has 0 heterocycles. The van der Waals surface area contributed by atoms with Crippen LogP contribution in [-0.4, -0.2) is 38.1 Å². The summed E-state index contributed by atoms with van der Waals surface area (Å²) in [6.07, 6.45) is 3.53. The predicted octanol–water partition coefficient (Wildman–Crippen LogP) is 2.06. The van der Waals surface area contributed by atoms with E-state index in [4.69, 9.17) is 0 Å². The largest absolute Gasteiger partial charge is 0.550 e. The molecule has 0 atom stereocenters. The average Bonchev–Trinajstić information content (AvgIpc) is 2.10. The highest BCUT2D eigenvalue weighted by atomic mass is 16.4. The molecule has 0 rings (SSSR count). The number of quaternary nitrogens is 1. The molecule has 0 fully saturated rings. The molecule has 104 valence electrons. The SMILES string of the molecule is CC(C)(C)CCC(=O)[O-].CCCC[N+](C)(C)C. The van der Waals surface area contributed by atoms with Crippen LogP contribution in [0.3, 0.4) is 0 Å². The van der Waals surface area contributed by atoms with Gasteiger partial charge in [0.15, 0.2) is 0 Å². The lowest BCUT2D eigenvalue weighted by Gasteiger charge is -2.23. The summed E-state index contributed by atoms with van der Waals surface area (Å²) >= 11 is 0. The van der Waals surface area contributed by atoms with Gasteiger partial charge in [0.2, 0.25) is 0 Å². The first-order valence-electron chi connectivity index (χ1n) is 6.48. The summed E-state index contributed by atoms with van der Waals surface area (Å²) in [6, 6.07) is 0. The van der Waals surface area contributed by atoms with Crippen molar-refractivity contribution in [3.05, 3.63) is 0 Å². The Morgan fingerprint density at radius 1 is 1.18 bits per heavy atom. The van der Waals surface area contributed by atoms with Gasteiger partial charge in [-0.15, -0.1) is 0 Å². The maximum absolute atomic E-state index is 9.93. The first-order valence-corrected chi connectivity index (χ1v) is 6.48. The molecular formula is C14H31NO2. The van der Waals surface area contributed by atoms with Crippen molar-refractivity contribution in [2.45, 2.75) is 53.4 Å². The van der Waals surface area contributed by atoms with Crippen molar-refractivity contribution in [3.63, 3.8) is 0 Å². The van der Waals surface area contributed by atoms with Gasteiger partial charge in [-0.05, 0) is 24.7 Å². The van der Waals surface area contributed by atoms with Gasteiger partial charge in [0.1, 0.15) is 0 Å². The third-order valence-corrected chi connectivity index (χ3v) is 2.26. The fourth-order valence-electron chi connectivity index (χ4n) is 1.11. The molecule has 0 spiro atoms. The second kappa shape index (κ2) is 8.51. The fourth-order valence-corrected chi connectivity index (χ4v) is 1.11. The molecule has 0 aromatic rings. The zero-order valence-electron chi connectivity index (χ0n) is 12.8. The second-order valence-corrected chi connectivity index (χ2v) is 6.80. The smallest absolute Gasteiger partial charge is 0.0780 e. The lowest BCUT2D eigenvalue weighted by atomic mass is 9.91. The Morgan fingerprint density at radius 2 is 1.65 bits per heavy atom. The Hall–Kier alpha value is -0.570. The van der Waals surface area contributed by atoms with Gasteiger partial charge >= 0.3 is 0 Å². The fraction of sp³-hybridized carbons (Fsp3) is 0.929. The zero-order valence-corrected chi connectivity index (χ0v) is 12.8. The van der Waals surface area contributed by atoms with Crippen LogP contribution in [0.25, 0.3) is 0 Å². The highest BCUT2D eigenvalue weighted by Crippen LogP contribution is 2.19. The van der Waals surface area contributed by atoms with E-state index in [-0.39, 0.29) is 11.8 Å². The summed E-state index contributed by atoms with van der Waals surface area (Å²) in [7, 11) is 6.70. The third-order valence-electron chi connectivity index (χ3n) is 2.26. The third kappa shape index (κ3) is 25.6. The molecule has 0 aromatic carbocycles. The summed E-state index contributed by atoms with van der Waals surface area (Å²) in [5.41, 5.74) is 0.111. The molecule has 0 saturated carbocycles. The van der Waals surface area contributed by atoms with E-state index in [0.29, 0.717) is 6.42 Å². The zero-order chi connectivity index (χ0) is 14.1. The standard InChI is InChI=1S/C7H18N.C7H14O2/c1-5-6-7-8(2,3)4;1-7(2,3)5-4-6(8)9/h5-7H2,1-4H3;4-5H2,1-3H3,(H,8,9)/q+1;/p-1. The van der Waals surface area contributed by atoms with Gasteiger partial charge in [-0.2, -0.15) is 0 Å². The van der Waals surface area contributed by atoms with Crippen LogP contribution in [0.5, 0.6) is 0 Å². The molecule has 0 radical (unpaired) electrons. The molecule has 0 bridgehead atoms. The van der Waals surface area contributed by atoms with Crippen LogP contribution in [0.15, 0.2) is 0 Å². The van der Waals surface area contributed by atoms with E-state index >= 15 is 0 Å². The molecule has 0 saturated heterocycles. The maximum atomic E-state index is 9.93. The number of nitrogens with zero attached hydrogens (tertiary/aromatic N) is 1. The lowest BCUT2D eigenvalue weighted by molar-refractivity contribution is -0.870. The van der Waals surface area contributed by atoms with Gasteiger partial charge in [-0.1, -0.05) is 34.1 Å². The molecule has 0 amide bonds. The molecule has 3 nitrogen and oxygen atoms in total. The van der Waals surface area contributed by atoms with E-state index in [2.05, 4.69) is 28.1 Å². The monoisotopic (exact) mass is 245 g/mol. The number of aliphatic carboxylic acids is 1. The van der Waals surface area contributed by atoms with E-state index in [1.807, 2.05) is 20.8 Å². The van der Waals surface area contributed by atoms with Gasteiger partial charge in [-0.3, -0.25) is 0 Å². The highest BCUT2D eigenvalue weighted by molar-refractivity contribution is 5.64. The van der Waals surface area contributed by atoms with E-state index in [0.717, 1.165) is 4.48 Å². The highest BCUT2D eigenvalue weighted by Gasteiger charge is 2.08. The Morgan fingerprint density at radius 3 is 1.76 bits per heavy atom. The van der Waals surface area contributed by atoms with Crippen molar-refractivity contribution in [3.8, 4) is 0 Å². The van der Waals surface area contributed by atoms with Crippen molar-refractivity contribution >= 4 is 5.97 Å². The van der Waals surface area contributed by atoms with Crippen molar-refractivity contribution in [1.29, 1.82) is 0 Å². The van der Waals surface area contributed by atoms with Gasteiger partial charge < -0.3 is 14.4 Å². The Labute approximate surface area is 107 Å². The topological polar surface area (TPSA) is 40.1 Å². The Bertz CT molecular complexity index is 199. The average molecular weight is 245 g/mol. The number of hydrogen-bond acceptors (Lipinski definition) is 2. The van der Waals surface area contributed by atoms with Crippen molar-refractivity contribution in [2.24, 2.45) is 5.41 Å². The van der Waals surface area contributed by atoms with Crippen LogP contribution >= 0.6 is 0 Å². The van der Waals surface area contributed by atoms with Gasteiger partial charge in [0.25, 0.3) is 0 Å². The van der Waals surface area contributed by atoms with Gasteiger partial charge in [0.05, 0.1) is 27.7 Å². The normalized spacial score (nSPS) is 11.7. The molecular weight excluding hydrogens is 214 g/mol. The van der Waals surface area contributed by atoms with Crippen molar-refractivity contribution in [2.75, 3.05) is 27.7 Å². The molecule has 0 aliphatic heterocycles. The Balaban J connectivity index is 0. The van der Waals surface area contributed by atoms with E-state index in [1.165, 1.54) is 19.4 Å². The maximum Gasteiger partial charge on any atom is 0.0780 e. The quantitative estimate of drug-likeness (QED) is 0.696. The van der Waals surface area contributed by atoms with Crippen LogP contribution in [0.2, 0.25) is 0 Å². The molecule has 3 heteroatoms. The van der Waals surface area contributed by atoms with Crippen molar-refractivity contribution in [1.82, 2.24) is 0 Å². The number of unbranched alkanes of at least 4 members (excludes halogenated alkanes) is 1. The minimum absolute atomic E-state index is 0.111. The molecule has 0 aliphatic rings. The Kier molecular flexibility index (Phi) is 9.40. The van der Waals surface area contributed by atoms with E-state index in [9.17, 15) is 9.90 Å². The van der Waals surface area contributed by atoms with Crippen LogP contribution in [0, 0.1) is 5.41 Å². The number of carbonyl (C=O) groups excluding carboxylic acids is 1. The number of carboxylic acid groups (broad SMARTS) is 1. The second-order valence-electron chi connectivity index (χ2n) is 6.80. The summed E-state index contributed by atoms with van der Waals surface area (Å²) < 4.78 is 1.10. The van der Waals surface area contributed by atoms with E-state index < -0.39 is 5.97 Å². The number of carbonyl (C=O) groups is 1. The first kappa shape index (κ1) is 18.8. The van der Waals surface area contributed by atoms with Crippen molar-refractivity contribution < 1.29 is 14.4 Å². The van der Waals surface area contributed by atoms with Gasteiger partial charge in [0, 0.05) is 5.97 Å². The number of hydrogen-bond donors (Lipinski definition) is 0. The first-order chi connectivity index (χ1) is 7.48. The molecule has 0 aliphatic carbocycles. The predicted molar refractivity (Wildman–Crippen MR) is 71.5 cm³/mol. The summed E-state index contributed by atoms with van der Waals surface area (Å²) in [5, 5.41) is 9.93. The minimum atomic E-state index is -0.954. The molecule has 0 aromatic heterocycles. The summed E-state index contributed by atoms with van der Waals surface area (Å²) in [6.45, 7) is 9.56. The van der Waals surface area contributed by atoms with Crippen LogP contribution in [0.1, 0.15) is 53.4 Å². The molecule has 0 unspecified atom stereocenters. The number of carboxylic acids is 1. The van der Waals surface area contributed by atoms with Gasteiger partial charge in [-0.25, -0.2) is 0 Å². The number of rotatable bonds is 5. The summed E-state index contributed by atoms with van der Waals surface area (Å²) in [4.78, 5) is 9.93. The van der Waals surface area contributed by atoms with Crippen LogP contribution in [-0.2, 0) is 4.79 Å². The van der Waals surface area contributed by atoms with Crippen LogP contribution < -0.4 is 5.11 Å². The molecule has 0 N–H and O–H groups in total.